The van der Waals surface area contributed by atoms with Crippen molar-refractivity contribution in [3.63, 3.8) is 0 Å². The molecule has 0 aliphatic carbocycles. The fourth-order valence-electron chi connectivity index (χ4n) is 3.39. The van der Waals surface area contributed by atoms with Crippen molar-refractivity contribution >= 4 is 37.0 Å². The molecule has 0 heterocycles. The normalized spacial score (nSPS) is 11.2. The van der Waals surface area contributed by atoms with Gasteiger partial charge in [0.25, 0.3) is 5.91 Å². The summed E-state index contributed by atoms with van der Waals surface area (Å²) in [7, 11) is -3.48. The molecule has 0 fully saturated rings. The van der Waals surface area contributed by atoms with Gasteiger partial charge < -0.3 is 15.7 Å². The van der Waals surface area contributed by atoms with Gasteiger partial charge >= 0.3 is 13.8 Å². The Morgan fingerprint density at radius 2 is 1.51 bits per heavy atom. The van der Waals surface area contributed by atoms with Crippen LogP contribution in [-0.2, 0) is 34.1 Å². The number of phosphoric ester groups is 1. The second kappa shape index (κ2) is 15.9. The van der Waals surface area contributed by atoms with Gasteiger partial charge in [0.15, 0.2) is 0 Å². The van der Waals surface area contributed by atoms with Crippen LogP contribution >= 0.6 is 7.82 Å². The lowest BCUT2D eigenvalue weighted by molar-refractivity contribution is -0.137. The molecule has 11 heteroatoms. The summed E-state index contributed by atoms with van der Waals surface area (Å²) in [6.45, 7) is 4.21. The molecular formula is C26H35N2O8P. The van der Waals surface area contributed by atoms with E-state index in [4.69, 9.17) is 18.7 Å². The zero-order valence-electron chi connectivity index (χ0n) is 21.2. The Balaban J connectivity index is 1.83. The predicted octanol–water partition coefficient (Wildman–Crippen LogP) is 5.65. The molecule has 3 N–H and O–H groups in total. The second-order valence-electron chi connectivity index (χ2n) is 8.07. The van der Waals surface area contributed by atoms with Crippen LogP contribution in [0.15, 0.2) is 48.5 Å². The number of carbonyl (C=O) groups is 3. The smallest absolute Gasteiger partial charge is 0.474 e. The molecule has 37 heavy (non-hydrogen) atoms. The van der Waals surface area contributed by atoms with Crippen molar-refractivity contribution in [2.24, 2.45) is 0 Å². The number of carboxylic acids is 1. The lowest BCUT2D eigenvalue weighted by atomic mass is 10.1. The average Bonchev–Trinajstić information content (AvgIpc) is 2.85. The van der Waals surface area contributed by atoms with Crippen LogP contribution in [-0.4, -0.2) is 42.7 Å². The molecule has 2 aromatic carbocycles. The minimum Gasteiger partial charge on any atom is -0.481 e. The third kappa shape index (κ3) is 11.3. The van der Waals surface area contributed by atoms with Crippen LogP contribution in [0.2, 0.25) is 0 Å². The number of nitrogens with one attached hydrogen (secondary N) is 2. The molecule has 0 aromatic heterocycles. The first-order valence-corrected chi connectivity index (χ1v) is 13.8. The van der Waals surface area contributed by atoms with E-state index in [1.165, 1.54) is 0 Å². The molecule has 2 aromatic rings. The predicted molar refractivity (Wildman–Crippen MR) is 141 cm³/mol. The van der Waals surface area contributed by atoms with Crippen LogP contribution in [0.4, 0.5) is 11.4 Å². The summed E-state index contributed by atoms with van der Waals surface area (Å²) in [4.78, 5) is 35.6. The fourth-order valence-corrected chi connectivity index (χ4v) is 4.60. The van der Waals surface area contributed by atoms with Crippen molar-refractivity contribution in [3.8, 4) is 0 Å². The minimum atomic E-state index is -3.48. The average molecular weight is 535 g/mol. The number of aliphatic carboxylic acids is 1. The standard InChI is InChI=1S/C26H35N2O8P/c1-3-34-37(33,35-4-2)36-19-8-7-10-20-15-17-21(18-16-20)27-26(32)22-11-5-6-12-23(22)28-24(29)13-9-14-25(30)31/h5-6,11-12,15-18H,3-4,7-10,13-14,19H2,1-2H3,(H,27,32)(H,28,29)(H,30,31). The highest BCUT2D eigenvalue weighted by molar-refractivity contribution is 7.48. The molecule has 0 unspecified atom stereocenters. The molecule has 202 valence electrons. The van der Waals surface area contributed by atoms with Gasteiger partial charge in [-0.3, -0.25) is 28.0 Å². The van der Waals surface area contributed by atoms with Gasteiger partial charge in [0.05, 0.1) is 31.1 Å². The summed E-state index contributed by atoms with van der Waals surface area (Å²) in [6, 6.07) is 14.1. The summed E-state index contributed by atoms with van der Waals surface area (Å²) >= 11 is 0. The Hall–Kier alpha value is -3.04. The number of para-hydroxylation sites is 1. The molecule has 0 saturated heterocycles. The molecule has 2 amide bonds. The van der Waals surface area contributed by atoms with Crippen LogP contribution < -0.4 is 10.6 Å². The highest BCUT2D eigenvalue weighted by Crippen LogP contribution is 2.49. The van der Waals surface area contributed by atoms with E-state index in [0.717, 1.165) is 18.4 Å². The summed E-state index contributed by atoms with van der Waals surface area (Å²) in [6.07, 6.45) is 2.44. The molecule has 2 rings (SSSR count). The van der Waals surface area contributed by atoms with Gasteiger partial charge in [0.1, 0.15) is 0 Å². The van der Waals surface area contributed by atoms with E-state index in [1.54, 1.807) is 50.2 Å². The SMILES string of the molecule is CCOP(=O)(OCC)OCCCCc1ccc(NC(=O)c2ccccc2NC(=O)CCCC(=O)O)cc1. The van der Waals surface area contributed by atoms with E-state index in [1.807, 2.05) is 12.1 Å². The van der Waals surface area contributed by atoms with Gasteiger partial charge in [-0.2, -0.15) is 0 Å². The maximum Gasteiger partial charge on any atom is 0.474 e. The lowest BCUT2D eigenvalue weighted by Gasteiger charge is -2.16. The van der Waals surface area contributed by atoms with E-state index in [0.29, 0.717) is 23.4 Å². The summed E-state index contributed by atoms with van der Waals surface area (Å²) in [5.41, 5.74) is 2.34. The van der Waals surface area contributed by atoms with E-state index < -0.39 is 13.8 Å². The van der Waals surface area contributed by atoms with E-state index >= 15 is 0 Å². The molecule has 0 radical (unpaired) electrons. The van der Waals surface area contributed by atoms with E-state index in [9.17, 15) is 18.9 Å². The molecule has 0 aliphatic rings. The summed E-state index contributed by atoms with van der Waals surface area (Å²) < 4.78 is 27.8. The number of amides is 2. The lowest BCUT2D eigenvalue weighted by Crippen LogP contribution is -2.18. The zero-order chi connectivity index (χ0) is 27.1. The number of phosphoric acid groups is 1. The third-order valence-corrected chi connectivity index (χ3v) is 6.78. The first kappa shape index (κ1) is 30.2. The number of unbranched alkanes of at least 4 members (excludes halogenated alkanes) is 1. The van der Waals surface area contributed by atoms with Gasteiger partial charge in [0.2, 0.25) is 5.91 Å². The van der Waals surface area contributed by atoms with Crippen LogP contribution in [0, 0.1) is 0 Å². The Kier molecular flexibility index (Phi) is 13.0. The topological polar surface area (TPSA) is 140 Å². The zero-order valence-corrected chi connectivity index (χ0v) is 22.1. The maximum absolute atomic E-state index is 12.8. The Labute approximate surface area is 217 Å². The minimum absolute atomic E-state index is 0.0498. The van der Waals surface area contributed by atoms with Crippen LogP contribution in [0.25, 0.3) is 0 Å². The van der Waals surface area contributed by atoms with Crippen LogP contribution in [0.3, 0.4) is 0 Å². The second-order valence-corrected chi connectivity index (χ2v) is 9.73. The van der Waals surface area contributed by atoms with Crippen molar-refractivity contribution in [3.05, 3.63) is 59.7 Å². The van der Waals surface area contributed by atoms with Crippen molar-refractivity contribution in [2.45, 2.75) is 52.4 Å². The van der Waals surface area contributed by atoms with Gasteiger partial charge in [-0.25, -0.2) is 4.57 Å². The number of anilines is 2. The van der Waals surface area contributed by atoms with Crippen molar-refractivity contribution < 1.29 is 37.6 Å². The molecular weight excluding hydrogens is 499 g/mol. The first-order chi connectivity index (χ1) is 17.8. The van der Waals surface area contributed by atoms with Crippen LogP contribution in [0.5, 0.6) is 0 Å². The maximum atomic E-state index is 12.8. The molecule has 0 atom stereocenters. The van der Waals surface area contributed by atoms with Gasteiger partial charge in [0, 0.05) is 18.5 Å². The number of hydrogen-bond acceptors (Lipinski definition) is 7. The van der Waals surface area contributed by atoms with E-state index in [-0.39, 0.29) is 50.9 Å². The number of carbonyl (C=O) groups excluding carboxylic acids is 2. The molecule has 0 saturated carbocycles. The largest absolute Gasteiger partial charge is 0.481 e. The van der Waals surface area contributed by atoms with Crippen LogP contribution in [0.1, 0.15) is 61.9 Å². The number of aryl methyl sites for hydroxylation is 1. The highest BCUT2D eigenvalue weighted by atomic mass is 31.2. The Morgan fingerprint density at radius 3 is 2.16 bits per heavy atom. The van der Waals surface area contributed by atoms with E-state index in [2.05, 4.69) is 10.6 Å². The van der Waals surface area contributed by atoms with Crippen molar-refractivity contribution in [2.75, 3.05) is 30.5 Å². The highest BCUT2D eigenvalue weighted by Gasteiger charge is 2.24. The molecule has 10 nitrogen and oxygen atoms in total. The summed E-state index contributed by atoms with van der Waals surface area (Å²) in [5.74, 6) is -1.69. The number of hydrogen-bond donors (Lipinski definition) is 3. The van der Waals surface area contributed by atoms with Gasteiger partial charge in [-0.1, -0.05) is 24.3 Å². The van der Waals surface area contributed by atoms with Crippen molar-refractivity contribution in [1.82, 2.24) is 0 Å². The monoisotopic (exact) mass is 534 g/mol. The Morgan fingerprint density at radius 1 is 0.838 bits per heavy atom. The molecule has 0 bridgehead atoms. The quantitative estimate of drug-likeness (QED) is 0.175. The molecule has 0 spiro atoms. The number of carboxylic acid groups (broad SMARTS) is 1. The third-order valence-electron chi connectivity index (χ3n) is 5.14. The van der Waals surface area contributed by atoms with Gasteiger partial charge in [-0.05, 0) is 69.4 Å². The van der Waals surface area contributed by atoms with Gasteiger partial charge in [-0.15, -0.1) is 0 Å². The Bertz CT molecular complexity index is 1060. The fraction of sp³-hybridized carbons (Fsp3) is 0.423. The number of rotatable bonds is 17. The first-order valence-electron chi connectivity index (χ1n) is 12.3. The van der Waals surface area contributed by atoms with Crippen molar-refractivity contribution in [1.29, 1.82) is 0 Å². The number of benzene rings is 2. The molecule has 0 aliphatic heterocycles. The summed E-state index contributed by atoms with van der Waals surface area (Å²) in [5, 5.41) is 14.2.